The Bertz CT molecular complexity index is 1220. The number of hydrogen-bond acceptors (Lipinski definition) is 5. The van der Waals surface area contributed by atoms with E-state index in [1.807, 2.05) is 30.3 Å². The molecule has 6 nitrogen and oxygen atoms in total. The minimum atomic E-state index is -0.658. The van der Waals surface area contributed by atoms with Crippen molar-refractivity contribution in [2.45, 2.75) is 0 Å². The molecule has 140 valence electrons. The van der Waals surface area contributed by atoms with Crippen LogP contribution in [0.4, 0.5) is 11.4 Å². The zero-order valence-corrected chi connectivity index (χ0v) is 15.3. The number of carbonyl (C=O) groups is 2. The van der Waals surface area contributed by atoms with Crippen molar-refractivity contribution in [3.63, 3.8) is 0 Å². The lowest BCUT2D eigenvalue weighted by Gasteiger charge is -2.07. The largest absolute Gasteiger partial charge is 0.456 e. The van der Waals surface area contributed by atoms with Crippen molar-refractivity contribution in [2.75, 3.05) is 17.7 Å². The van der Waals surface area contributed by atoms with Gasteiger partial charge < -0.3 is 20.2 Å². The van der Waals surface area contributed by atoms with E-state index in [1.54, 1.807) is 12.1 Å². The molecule has 4 rings (SSSR count). The Morgan fingerprint density at radius 2 is 1.79 bits per heavy atom. The third-order valence-electron chi connectivity index (χ3n) is 4.23. The van der Waals surface area contributed by atoms with Gasteiger partial charge in [-0.1, -0.05) is 29.8 Å². The summed E-state index contributed by atoms with van der Waals surface area (Å²) in [5.41, 5.74) is 8.24. The summed E-state index contributed by atoms with van der Waals surface area (Å²) in [5, 5.41) is 4.91. The second kappa shape index (κ2) is 7.25. The van der Waals surface area contributed by atoms with Crippen molar-refractivity contribution >= 4 is 56.8 Å². The average molecular weight is 395 g/mol. The third-order valence-corrected chi connectivity index (χ3v) is 4.57. The van der Waals surface area contributed by atoms with E-state index < -0.39 is 18.5 Å². The van der Waals surface area contributed by atoms with E-state index in [4.69, 9.17) is 26.5 Å². The Morgan fingerprint density at radius 1 is 1.00 bits per heavy atom. The van der Waals surface area contributed by atoms with Crippen LogP contribution >= 0.6 is 11.6 Å². The van der Waals surface area contributed by atoms with Gasteiger partial charge in [-0.2, -0.15) is 0 Å². The summed E-state index contributed by atoms with van der Waals surface area (Å²) in [4.78, 5) is 24.2. The number of fused-ring (bicyclic) bond motifs is 3. The molecule has 0 radical (unpaired) electrons. The number of benzene rings is 3. The van der Waals surface area contributed by atoms with Gasteiger partial charge in [-0.25, -0.2) is 4.79 Å². The summed E-state index contributed by atoms with van der Waals surface area (Å²) in [6.45, 7) is -0.425. The molecule has 1 heterocycles. The summed E-state index contributed by atoms with van der Waals surface area (Å²) >= 11 is 5.82. The normalized spacial score (nSPS) is 10.9. The number of esters is 1. The lowest BCUT2D eigenvalue weighted by Crippen LogP contribution is -2.21. The predicted molar refractivity (Wildman–Crippen MR) is 108 cm³/mol. The summed E-state index contributed by atoms with van der Waals surface area (Å²) < 4.78 is 10.8. The Kier molecular flexibility index (Phi) is 4.63. The van der Waals surface area contributed by atoms with E-state index in [0.717, 1.165) is 21.9 Å². The molecule has 1 aromatic heterocycles. The monoisotopic (exact) mass is 394 g/mol. The Labute approximate surface area is 164 Å². The van der Waals surface area contributed by atoms with Crippen LogP contribution < -0.4 is 11.1 Å². The maximum absolute atomic E-state index is 12.1. The van der Waals surface area contributed by atoms with Crippen molar-refractivity contribution in [2.24, 2.45) is 0 Å². The predicted octanol–water partition coefficient (Wildman–Crippen LogP) is 4.62. The summed E-state index contributed by atoms with van der Waals surface area (Å²) in [6.07, 6.45) is 0. The molecule has 0 saturated heterocycles. The number of ether oxygens (including phenoxy) is 1. The van der Waals surface area contributed by atoms with Gasteiger partial charge in [0.1, 0.15) is 11.2 Å². The topological polar surface area (TPSA) is 94.6 Å². The molecule has 28 heavy (non-hydrogen) atoms. The van der Waals surface area contributed by atoms with E-state index in [1.165, 1.54) is 18.2 Å². The van der Waals surface area contributed by atoms with Crippen LogP contribution in [0.15, 0.2) is 65.1 Å². The van der Waals surface area contributed by atoms with Crippen LogP contribution in [-0.2, 0) is 9.53 Å². The standard InChI is InChI=1S/C21H15ClN2O4/c22-16-7-5-12(9-17(16)23)21(26)27-11-20(25)24-13-6-8-19-15(10-13)14-3-1-2-4-18(14)28-19/h1-10H,11,23H2,(H,24,25). The molecule has 0 aliphatic heterocycles. The number of halogens is 1. The van der Waals surface area contributed by atoms with Crippen molar-refractivity contribution in [3.05, 3.63) is 71.2 Å². The molecule has 1 amide bonds. The van der Waals surface area contributed by atoms with E-state index in [2.05, 4.69) is 5.32 Å². The molecule has 3 N–H and O–H groups in total. The number of carbonyl (C=O) groups excluding carboxylic acids is 2. The van der Waals surface area contributed by atoms with Gasteiger partial charge in [-0.3, -0.25) is 4.79 Å². The average Bonchev–Trinajstić information content (AvgIpc) is 3.06. The molecule has 4 aromatic rings. The molecule has 0 atom stereocenters. The van der Waals surface area contributed by atoms with Crippen molar-refractivity contribution < 1.29 is 18.7 Å². The lowest BCUT2D eigenvalue weighted by atomic mass is 10.1. The molecule has 0 fully saturated rings. The first-order chi connectivity index (χ1) is 13.5. The van der Waals surface area contributed by atoms with Crippen LogP contribution in [0.2, 0.25) is 5.02 Å². The van der Waals surface area contributed by atoms with Crippen LogP contribution in [0.25, 0.3) is 21.9 Å². The maximum Gasteiger partial charge on any atom is 0.338 e. The van der Waals surface area contributed by atoms with E-state index in [-0.39, 0.29) is 11.3 Å². The van der Waals surface area contributed by atoms with Gasteiger partial charge in [0.25, 0.3) is 5.91 Å². The molecule has 3 aromatic carbocycles. The highest BCUT2D eigenvalue weighted by Crippen LogP contribution is 2.30. The van der Waals surface area contributed by atoms with E-state index >= 15 is 0 Å². The number of para-hydroxylation sites is 1. The number of nitrogen functional groups attached to an aromatic ring is 1. The van der Waals surface area contributed by atoms with Crippen molar-refractivity contribution in [1.82, 2.24) is 0 Å². The number of amides is 1. The van der Waals surface area contributed by atoms with E-state index in [9.17, 15) is 9.59 Å². The van der Waals surface area contributed by atoms with Gasteiger partial charge in [-0.05, 0) is 42.5 Å². The van der Waals surface area contributed by atoms with Gasteiger partial charge in [0, 0.05) is 16.5 Å². The lowest BCUT2D eigenvalue weighted by molar-refractivity contribution is -0.119. The smallest absolute Gasteiger partial charge is 0.338 e. The molecule has 0 spiro atoms. The molecular weight excluding hydrogens is 380 g/mol. The van der Waals surface area contributed by atoms with Gasteiger partial charge in [0.15, 0.2) is 6.61 Å². The number of furan rings is 1. The number of nitrogens with one attached hydrogen (secondary N) is 1. The third kappa shape index (κ3) is 3.50. The summed E-state index contributed by atoms with van der Waals surface area (Å²) in [5.74, 6) is -1.11. The Balaban J connectivity index is 1.44. The SMILES string of the molecule is Nc1cc(C(=O)OCC(=O)Nc2ccc3oc4ccccc4c3c2)ccc1Cl. The van der Waals surface area contributed by atoms with E-state index in [0.29, 0.717) is 10.7 Å². The van der Waals surface area contributed by atoms with Crippen molar-refractivity contribution in [1.29, 1.82) is 0 Å². The molecule has 0 aliphatic rings. The minimum absolute atomic E-state index is 0.223. The number of hydrogen-bond donors (Lipinski definition) is 2. The first-order valence-electron chi connectivity index (χ1n) is 8.44. The van der Waals surface area contributed by atoms with Crippen LogP contribution in [0.1, 0.15) is 10.4 Å². The minimum Gasteiger partial charge on any atom is -0.456 e. The van der Waals surface area contributed by atoms with Crippen LogP contribution in [0, 0.1) is 0 Å². The molecular formula is C21H15ClN2O4. The number of anilines is 2. The number of rotatable bonds is 4. The van der Waals surface area contributed by atoms with Gasteiger partial charge in [-0.15, -0.1) is 0 Å². The number of nitrogens with two attached hydrogens (primary N) is 1. The fraction of sp³-hybridized carbons (Fsp3) is 0.0476. The second-order valence-electron chi connectivity index (χ2n) is 6.17. The maximum atomic E-state index is 12.1. The second-order valence-corrected chi connectivity index (χ2v) is 6.58. The highest BCUT2D eigenvalue weighted by Gasteiger charge is 2.13. The quantitative estimate of drug-likeness (QED) is 0.389. The van der Waals surface area contributed by atoms with Crippen molar-refractivity contribution in [3.8, 4) is 0 Å². The van der Waals surface area contributed by atoms with Crippen LogP contribution in [0.5, 0.6) is 0 Å². The van der Waals surface area contributed by atoms with Crippen LogP contribution in [-0.4, -0.2) is 18.5 Å². The Morgan fingerprint density at radius 3 is 2.61 bits per heavy atom. The molecule has 0 bridgehead atoms. The highest BCUT2D eigenvalue weighted by molar-refractivity contribution is 6.33. The van der Waals surface area contributed by atoms with Gasteiger partial charge in [0.05, 0.1) is 16.3 Å². The molecule has 0 aliphatic carbocycles. The zero-order chi connectivity index (χ0) is 19.7. The first-order valence-corrected chi connectivity index (χ1v) is 8.82. The summed E-state index contributed by atoms with van der Waals surface area (Å²) in [7, 11) is 0. The highest BCUT2D eigenvalue weighted by atomic mass is 35.5. The fourth-order valence-electron chi connectivity index (χ4n) is 2.89. The van der Waals surface area contributed by atoms with Gasteiger partial charge in [0.2, 0.25) is 0 Å². The molecule has 7 heteroatoms. The molecule has 0 unspecified atom stereocenters. The van der Waals surface area contributed by atoms with Crippen LogP contribution in [0.3, 0.4) is 0 Å². The fourth-order valence-corrected chi connectivity index (χ4v) is 3.00. The Hall–Kier alpha value is -3.51. The first kappa shape index (κ1) is 17.9. The zero-order valence-electron chi connectivity index (χ0n) is 14.6. The summed E-state index contributed by atoms with van der Waals surface area (Å²) in [6, 6.07) is 17.4. The molecule has 0 saturated carbocycles. The van der Waals surface area contributed by atoms with Gasteiger partial charge >= 0.3 is 5.97 Å².